The molecule has 0 heterocycles. The van der Waals surface area contributed by atoms with E-state index in [-0.39, 0.29) is 0 Å². The van der Waals surface area contributed by atoms with E-state index in [1.807, 2.05) is 0 Å². The molecule has 1 saturated carbocycles. The van der Waals surface area contributed by atoms with Gasteiger partial charge in [0.05, 0.1) is 12.0 Å². The van der Waals surface area contributed by atoms with Gasteiger partial charge >= 0.3 is 0 Å². The molecule has 1 nitrogen and oxygen atoms in total. The SMILES string of the molecule is CCC1CCC(C#N)C(SC(C)C(C)C)C1. The molecule has 2 heteroatoms. The molecule has 0 aromatic heterocycles. The van der Waals surface area contributed by atoms with Crippen LogP contribution in [0, 0.1) is 29.1 Å². The van der Waals surface area contributed by atoms with Gasteiger partial charge in [-0.05, 0) is 31.1 Å². The first-order valence-electron chi connectivity index (χ1n) is 6.63. The molecule has 0 amide bonds. The van der Waals surface area contributed by atoms with Gasteiger partial charge in [-0.25, -0.2) is 0 Å². The lowest BCUT2D eigenvalue weighted by molar-refractivity contribution is 0.316. The quantitative estimate of drug-likeness (QED) is 0.722. The van der Waals surface area contributed by atoms with Crippen LogP contribution in [0.2, 0.25) is 0 Å². The first-order chi connectivity index (χ1) is 7.58. The van der Waals surface area contributed by atoms with Gasteiger partial charge in [0.2, 0.25) is 0 Å². The third-order valence-electron chi connectivity index (χ3n) is 3.97. The van der Waals surface area contributed by atoms with E-state index >= 15 is 0 Å². The normalized spacial score (nSPS) is 32.4. The number of hydrogen-bond acceptors (Lipinski definition) is 2. The number of nitrogens with zero attached hydrogens (tertiary/aromatic N) is 1. The van der Waals surface area contributed by atoms with Gasteiger partial charge in [0.25, 0.3) is 0 Å². The van der Waals surface area contributed by atoms with E-state index in [1.165, 1.54) is 19.3 Å². The van der Waals surface area contributed by atoms with Crippen molar-refractivity contribution in [2.75, 3.05) is 0 Å². The van der Waals surface area contributed by atoms with Gasteiger partial charge in [-0.15, -0.1) is 0 Å². The fourth-order valence-electron chi connectivity index (χ4n) is 2.31. The average molecular weight is 239 g/mol. The van der Waals surface area contributed by atoms with E-state index in [1.54, 1.807) is 0 Å². The Hall–Kier alpha value is -0.160. The molecule has 0 bridgehead atoms. The number of thioether (sulfide) groups is 1. The molecular formula is C14H25NS. The Balaban J connectivity index is 2.55. The molecule has 4 unspecified atom stereocenters. The Bertz CT molecular complexity index is 244. The molecule has 92 valence electrons. The maximum atomic E-state index is 9.21. The summed E-state index contributed by atoms with van der Waals surface area (Å²) in [5, 5.41) is 10.5. The molecule has 1 rings (SSSR count). The second-order valence-corrected chi connectivity index (χ2v) is 7.07. The van der Waals surface area contributed by atoms with E-state index in [0.29, 0.717) is 22.3 Å². The fourth-order valence-corrected chi connectivity index (χ4v) is 3.95. The molecule has 0 saturated heterocycles. The molecule has 4 atom stereocenters. The van der Waals surface area contributed by atoms with Crippen molar-refractivity contribution in [3.05, 3.63) is 0 Å². The second kappa shape index (κ2) is 6.55. The Morgan fingerprint density at radius 2 is 2.00 bits per heavy atom. The molecule has 1 fully saturated rings. The predicted octanol–water partition coefficient (Wildman–Crippen LogP) is 4.48. The standard InChI is InChI=1S/C14H25NS/c1-5-12-6-7-13(9-15)14(8-12)16-11(4)10(2)3/h10-14H,5-8H2,1-4H3. The van der Waals surface area contributed by atoms with Crippen molar-refractivity contribution in [3.8, 4) is 6.07 Å². The highest BCUT2D eigenvalue weighted by Crippen LogP contribution is 2.40. The van der Waals surface area contributed by atoms with Crippen molar-refractivity contribution in [1.82, 2.24) is 0 Å². The van der Waals surface area contributed by atoms with Crippen molar-refractivity contribution in [2.24, 2.45) is 17.8 Å². The molecule has 0 N–H and O–H groups in total. The Morgan fingerprint density at radius 3 is 2.50 bits per heavy atom. The molecule has 0 aromatic rings. The smallest absolute Gasteiger partial charge is 0.0667 e. The maximum absolute atomic E-state index is 9.21. The van der Waals surface area contributed by atoms with Gasteiger partial charge in [0.1, 0.15) is 0 Å². The predicted molar refractivity (Wildman–Crippen MR) is 72.4 cm³/mol. The van der Waals surface area contributed by atoms with Crippen LogP contribution in [0.3, 0.4) is 0 Å². The topological polar surface area (TPSA) is 23.8 Å². The van der Waals surface area contributed by atoms with Crippen LogP contribution in [0.15, 0.2) is 0 Å². The summed E-state index contributed by atoms with van der Waals surface area (Å²) >= 11 is 2.06. The van der Waals surface area contributed by atoms with Gasteiger partial charge < -0.3 is 0 Å². The summed E-state index contributed by atoms with van der Waals surface area (Å²) in [6.45, 7) is 9.14. The second-order valence-electron chi connectivity index (χ2n) is 5.45. The van der Waals surface area contributed by atoms with E-state index in [9.17, 15) is 5.26 Å². The van der Waals surface area contributed by atoms with Gasteiger partial charge in [-0.2, -0.15) is 17.0 Å². The number of hydrogen-bond donors (Lipinski definition) is 0. The molecule has 0 aliphatic heterocycles. The average Bonchev–Trinajstić information content (AvgIpc) is 2.28. The summed E-state index contributed by atoms with van der Waals surface area (Å²) in [7, 11) is 0. The Morgan fingerprint density at radius 1 is 1.31 bits per heavy atom. The summed E-state index contributed by atoms with van der Waals surface area (Å²) in [4.78, 5) is 0. The third kappa shape index (κ3) is 3.70. The highest BCUT2D eigenvalue weighted by atomic mass is 32.2. The van der Waals surface area contributed by atoms with Crippen LogP contribution in [0.5, 0.6) is 0 Å². The van der Waals surface area contributed by atoms with Crippen LogP contribution in [0.4, 0.5) is 0 Å². The zero-order valence-corrected chi connectivity index (χ0v) is 11.9. The van der Waals surface area contributed by atoms with Crippen LogP contribution in [-0.2, 0) is 0 Å². The van der Waals surface area contributed by atoms with Crippen LogP contribution in [0.1, 0.15) is 53.4 Å². The molecular weight excluding hydrogens is 214 g/mol. The van der Waals surface area contributed by atoms with E-state index in [2.05, 4.69) is 45.5 Å². The van der Waals surface area contributed by atoms with Crippen LogP contribution in [-0.4, -0.2) is 10.5 Å². The summed E-state index contributed by atoms with van der Waals surface area (Å²) in [6.07, 6.45) is 4.93. The first-order valence-corrected chi connectivity index (χ1v) is 7.57. The van der Waals surface area contributed by atoms with Gasteiger partial charge in [-0.1, -0.05) is 34.1 Å². The minimum Gasteiger partial charge on any atom is -0.198 e. The summed E-state index contributed by atoms with van der Waals surface area (Å²) < 4.78 is 0. The molecule has 0 aromatic carbocycles. The van der Waals surface area contributed by atoms with Gasteiger partial charge in [-0.3, -0.25) is 0 Å². The summed E-state index contributed by atoms with van der Waals surface area (Å²) in [5.74, 6) is 1.88. The first kappa shape index (κ1) is 13.9. The number of nitriles is 1. The van der Waals surface area contributed by atoms with Crippen molar-refractivity contribution < 1.29 is 0 Å². The largest absolute Gasteiger partial charge is 0.198 e. The molecule has 1 aliphatic rings. The van der Waals surface area contributed by atoms with Crippen LogP contribution >= 0.6 is 11.8 Å². The van der Waals surface area contributed by atoms with Gasteiger partial charge in [0.15, 0.2) is 0 Å². The lowest BCUT2D eigenvalue weighted by Crippen LogP contribution is -2.28. The molecule has 0 spiro atoms. The van der Waals surface area contributed by atoms with Crippen molar-refractivity contribution in [1.29, 1.82) is 5.26 Å². The van der Waals surface area contributed by atoms with E-state index in [4.69, 9.17) is 0 Å². The summed E-state index contributed by atoms with van der Waals surface area (Å²) in [6, 6.07) is 2.52. The lowest BCUT2D eigenvalue weighted by Gasteiger charge is -2.34. The van der Waals surface area contributed by atoms with Crippen molar-refractivity contribution in [3.63, 3.8) is 0 Å². The highest BCUT2D eigenvalue weighted by Gasteiger charge is 2.31. The lowest BCUT2D eigenvalue weighted by atomic mass is 9.81. The Labute approximate surface area is 105 Å². The zero-order valence-electron chi connectivity index (χ0n) is 11.1. The summed E-state index contributed by atoms with van der Waals surface area (Å²) in [5.41, 5.74) is 0. The minimum atomic E-state index is 0.300. The third-order valence-corrected chi connectivity index (χ3v) is 5.82. The minimum absolute atomic E-state index is 0.300. The van der Waals surface area contributed by atoms with Crippen LogP contribution in [0.25, 0.3) is 0 Å². The molecule has 0 radical (unpaired) electrons. The van der Waals surface area contributed by atoms with Crippen molar-refractivity contribution >= 4 is 11.8 Å². The highest BCUT2D eigenvalue weighted by molar-refractivity contribution is 8.00. The van der Waals surface area contributed by atoms with E-state index in [0.717, 1.165) is 12.3 Å². The van der Waals surface area contributed by atoms with Crippen molar-refractivity contribution in [2.45, 2.75) is 63.9 Å². The Kier molecular flexibility index (Phi) is 5.69. The van der Waals surface area contributed by atoms with Gasteiger partial charge in [0, 0.05) is 10.5 Å². The number of rotatable bonds is 4. The molecule has 16 heavy (non-hydrogen) atoms. The fraction of sp³-hybridized carbons (Fsp3) is 0.929. The van der Waals surface area contributed by atoms with E-state index < -0.39 is 0 Å². The maximum Gasteiger partial charge on any atom is 0.0667 e. The molecule has 1 aliphatic carbocycles. The monoisotopic (exact) mass is 239 g/mol. The van der Waals surface area contributed by atoms with Crippen LogP contribution < -0.4 is 0 Å². The zero-order chi connectivity index (χ0) is 12.1.